The third kappa shape index (κ3) is 3.65. The van der Waals surface area contributed by atoms with E-state index < -0.39 is 17.7 Å². The average Bonchev–Trinajstić information content (AvgIpc) is 2.79. The van der Waals surface area contributed by atoms with E-state index in [2.05, 4.69) is 18.8 Å². The van der Waals surface area contributed by atoms with Crippen molar-refractivity contribution in [3.63, 3.8) is 0 Å². The molecule has 2 heterocycles. The Morgan fingerprint density at radius 2 is 1.91 bits per heavy atom. The van der Waals surface area contributed by atoms with Crippen LogP contribution in [0.25, 0.3) is 0 Å². The van der Waals surface area contributed by atoms with E-state index in [4.69, 9.17) is 14.3 Å². The number of hydrogen-bond donors (Lipinski definition) is 0. The Kier molecular flexibility index (Phi) is 5.29. The topological polar surface area (TPSA) is 77.4 Å². The second kappa shape index (κ2) is 6.86. The molecule has 7 nitrogen and oxygen atoms in total. The van der Waals surface area contributed by atoms with Gasteiger partial charge in [-0.3, -0.25) is 4.79 Å². The first kappa shape index (κ1) is 17.7. The Morgan fingerprint density at radius 3 is 2.57 bits per heavy atom. The lowest BCUT2D eigenvalue weighted by molar-refractivity contribution is -0.213. The number of rotatable bonds is 5. The van der Waals surface area contributed by atoms with Crippen LogP contribution < -0.4 is 0 Å². The quantitative estimate of drug-likeness (QED) is 0.720. The summed E-state index contributed by atoms with van der Waals surface area (Å²) in [5, 5.41) is 1.66. The van der Waals surface area contributed by atoms with E-state index in [-0.39, 0.29) is 25.0 Å². The first-order chi connectivity index (χ1) is 10.8. The second-order valence-corrected chi connectivity index (χ2v) is 6.46. The maximum atomic E-state index is 12.5. The third-order valence-corrected chi connectivity index (χ3v) is 4.09. The summed E-state index contributed by atoms with van der Waals surface area (Å²) in [6.07, 6.45) is 2.68. The molecule has 0 bridgehead atoms. The Labute approximate surface area is 136 Å². The lowest BCUT2D eigenvalue weighted by Gasteiger charge is -2.27. The predicted molar refractivity (Wildman–Crippen MR) is 83.5 cm³/mol. The molecule has 0 aliphatic carbocycles. The van der Waals surface area contributed by atoms with E-state index in [1.165, 1.54) is 0 Å². The summed E-state index contributed by atoms with van der Waals surface area (Å²) >= 11 is 0. The fourth-order valence-corrected chi connectivity index (χ4v) is 2.93. The van der Waals surface area contributed by atoms with E-state index >= 15 is 0 Å². The highest BCUT2D eigenvalue weighted by atomic mass is 16.7. The van der Waals surface area contributed by atoms with Gasteiger partial charge in [0.1, 0.15) is 12.3 Å². The lowest BCUT2D eigenvalue weighted by Crippen LogP contribution is -2.44. The molecule has 130 valence electrons. The van der Waals surface area contributed by atoms with E-state index in [1.54, 1.807) is 18.9 Å². The Hall–Kier alpha value is -1.63. The average molecular weight is 326 g/mol. The van der Waals surface area contributed by atoms with Gasteiger partial charge in [-0.15, -0.1) is 0 Å². The molecule has 0 spiro atoms. The van der Waals surface area contributed by atoms with Gasteiger partial charge in [-0.1, -0.05) is 20.3 Å². The molecule has 0 radical (unpaired) electrons. The smallest absolute Gasteiger partial charge is 0.364 e. The number of carbonyl (C=O) groups is 2. The number of ether oxygens (including phenoxy) is 2. The van der Waals surface area contributed by atoms with Crippen LogP contribution in [0.5, 0.6) is 0 Å². The molecule has 23 heavy (non-hydrogen) atoms. The largest absolute Gasteiger partial charge is 0.466 e. The van der Waals surface area contributed by atoms with Gasteiger partial charge in [-0.05, 0) is 26.7 Å². The summed E-state index contributed by atoms with van der Waals surface area (Å²) in [5.74, 6) is -0.475. The zero-order valence-electron chi connectivity index (χ0n) is 14.4. The predicted octanol–water partition coefficient (Wildman–Crippen LogP) is 2.05. The molecule has 1 atom stereocenters. The van der Waals surface area contributed by atoms with Crippen molar-refractivity contribution >= 4 is 17.8 Å². The van der Waals surface area contributed by atoms with Crippen LogP contribution in [0.2, 0.25) is 0 Å². The monoisotopic (exact) mass is 326 g/mol. The van der Waals surface area contributed by atoms with Gasteiger partial charge in [0.25, 0.3) is 5.72 Å². The van der Waals surface area contributed by atoms with Crippen molar-refractivity contribution in [1.82, 2.24) is 5.06 Å². The molecule has 2 aliphatic rings. The van der Waals surface area contributed by atoms with E-state index in [0.29, 0.717) is 12.4 Å². The van der Waals surface area contributed by atoms with Crippen LogP contribution in [0.4, 0.5) is 0 Å². The molecular weight excluding hydrogens is 300 g/mol. The Bertz CT molecular complexity index is 503. The Morgan fingerprint density at radius 1 is 1.22 bits per heavy atom. The normalized spacial score (nSPS) is 26.1. The number of fused-ring (bicyclic) bond motifs is 1. The summed E-state index contributed by atoms with van der Waals surface area (Å²) in [6, 6.07) is 0. The number of nitrogens with zero attached hydrogens (tertiary/aromatic N) is 2. The first-order valence-electron chi connectivity index (χ1n) is 8.24. The highest BCUT2D eigenvalue weighted by molar-refractivity contribution is 5.95. The summed E-state index contributed by atoms with van der Waals surface area (Å²) in [4.78, 5) is 34.8. The molecule has 1 unspecified atom stereocenters. The van der Waals surface area contributed by atoms with Gasteiger partial charge in [-0.25, -0.2) is 19.7 Å². The van der Waals surface area contributed by atoms with Gasteiger partial charge in [0, 0.05) is 12.0 Å². The highest BCUT2D eigenvalue weighted by Crippen LogP contribution is 2.39. The van der Waals surface area contributed by atoms with E-state index in [9.17, 15) is 9.59 Å². The van der Waals surface area contributed by atoms with Crippen molar-refractivity contribution in [3.8, 4) is 0 Å². The summed E-state index contributed by atoms with van der Waals surface area (Å²) in [5.41, 5.74) is -1.88. The summed E-state index contributed by atoms with van der Waals surface area (Å²) < 4.78 is 10.1. The Balaban J connectivity index is 2.35. The number of hydroxylamine groups is 2. The molecule has 0 aromatic heterocycles. The summed E-state index contributed by atoms with van der Waals surface area (Å²) in [6.45, 7) is 8.64. The van der Waals surface area contributed by atoms with Crippen LogP contribution in [-0.4, -0.2) is 48.3 Å². The van der Waals surface area contributed by atoms with Crippen LogP contribution in [0.15, 0.2) is 4.99 Å². The fraction of sp³-hybridized carbons (Fsp3) is 0.812. The SMILES string of the molecule is CCOC(=O)CC1(C(=O)OCC)N=C2N(CCCCC2(C)C)O1. The van der Waals surface area contributed by atoms with Crippen LogP contribution in [0.3, 0.4) is 0 Å². The van der Waals surface area contributed by atoms with E-state index in [0.717, 1.165) is 19.3 Å². The third-order valence-electron chi connectivity index (χ3n) is 4.09. The van der Waals surface area contributed by atoms with Crippen LogP contribution >= 0.6 is 0 Å². The van der Waals surface area contributed by atoms with Gasteiger partial charge in [0.2, 0.25) is 0 Å². The van der Waals surface area contributed by atoms with Crippen LogP contribution in [0, 0.1) is 5.41 Å². The molecule has 1 saturated heterocycles. The number of hydrogen-bond acceptors (Lipinski definition) is 7. The zero-order chi connectivity index (χ0) is 17.1. The van der Waals surface area contributed by atoms with Crippen molar-refractivity contribution in [2.45, 2.75) is 59.1 Å². The van der Waals surface area contributed by atoms with Gasteiger partial charge < -0.3 is 9.47 Å². The zero-order valence-corrected chi connectivity index (χ0v) is 14.4. The van der Waals surface area contributed by atoms with E-state index in [1.807, 2.05) is 0 Å². The number of carbonyl (C=O) groups excluding carboxylic acids is 2. The van der Waals surface area contributed by atoms with Crippen LogP contribution in [-0.2, 0) is 23.9 Å². The van der Waals surface area contributed by atoms with Gasteiger partial charge in [-0.2, -0.15) is 0 Å². The minimum atomic E-state index is -1.66. The molecule has 0 N–H and O–H groups in total. The number of esters is 2. The minimum absolute atomic E-state index is 0.195. The molecule has 0 amide bonds. The maximum absolute atomic E-state index is 12.5. The molecule has 0 saturated carbocycles. The van der Waals surface area contributed by atoms with Crippen LogP contribution in [0.1, 0.15) is 53.4 Å². The van der Waals surface area contributed by atoms with Gasteiger partial charge in [0.05, 0.1) is 13.2 Å². The standard InChI is InChI=1S/C16H26N2O5/c1-5-21-12(19)11-16(14(20)22-6-2)17-13-15(3,4)9-7-8-10-18(13)23-16/h5-11H2,1-4H3. The highest BCUT2D eigenvalue weighted by Gasteiger charge is 2.54. The maximum Gasteiger partial charge on any atom is 0.364 e. The number of amidine groups is 1. The van der Waals surface area contributed by atoms with Crippen molar-refractivity contribution in [2.75, 3.05) is 19.8 Å². The minimum Gasteiger partial charge on any atom is -0.466 e. The first-order valence-corrected chi connectivity index (χ1v) is 8.24. The molecule has 0 aromatic rings. The fourth-order valence-electron chi connectivity index (χ4n) is 2.93. The van der Waals surface area contributed by atoms with Crippen molar-refractivity contribution in [3.05, 3.63) is 0 Å². The number of aliphatic imine (C=N–C) groups is 1. The van der Waals surface area contributed by atoms with Crippen molar-refractivity contribution in [2.24, 2.45) is 10.4 Å². The molecule has 2 aliphatic heterocycles. The van der Waals surface area contributed by atoms with Gasteiger partial charge in [0.15, 0.2) is 0 Å². The second-order valence-electron chi connectivity index (χ2n) is 6.46. The van der Waals surface area contributed by atoms with Crippen molar-refractivity contribution in [1.29, 1.82) is 0 Å². The molecule has 7 heteroatoms. The molecule has 2 rings (SSSR count). The molecule has 0 aromatic carbocycles. The van der Waals surface area contributed by atoms with Gasteiger partial charge >= 0.3 is 11.9 Å². The molecule has 1 fully saturated rings. The molecular formula is C16H26N2O5. The lowest BCUT2D eigenvalue weighted by atomic mass is 9.86. The van der Waals surface area contributed by atoms with Crippen molar-refractivity contribution < 1.29 is 23.9 Å². The summed E-state index contributed by atoms with van der Waals surface area (Å²) in [7, 11) is 0.